The number of hydrogen-bond donors (Lipinski definition) is 0. The fourth-order valence-electron chi connectivity index (χ4n) is 1.91. The monoisotopic (exact) mass is 266 g/mol. The summed E-state index contributed by atoms with van der Waals surface area (Å²) in [7, 11) is 1.27. The van der Waals surface area contributed by atoms with Crippen LogP contribution in [0.2, 0.25) is 0 Å². The largest absolute Gasteiger partial charge is 0.468 e. The summed E-state index contributed by atoms with van der Waals surface area (Å²) >= 11 is 0. The lowest BCUT2D eigenvalue weighted by atomic mass is 9.92. The number of Topliss-reactive ketones (excluding diaryl/α,β-unsaturated/α-hetero) is 1. The second kappa shape index (κ2) is 7.02. The standard InChI is InChI=1S/C15H19FO3/c1-4-5-6-12(15(18)19-3)14(17)11-7-8-13(16)10(2)9-11/h7-9,12H,4-6H2,1-3H3. The lowest BCUT2D eigenvalue weighted by Crippen LogP contribution is -2.25. The highest BCUT2D eigenvalue weighted by Gasteiger charge is 2.28. The summed E-state index contributed by atoms with van der Waals surface area (Å²) in [4.78, 5) is 24.0. The number of unbranched alkanes of at least 4 members (excludes halogenated alkanes) is 1. The fourth-order valence-corrected chi connectivity index (χ4v) is 1.91. The zero-order chi connectivity index (χ0) is 14.4. The minimum absolute atomic E-state index is 0.302. The first kappa shape index (κ1) is 15.3. The maximum absolute atomic E-state index is 13.2. The molecule has 0 aliphatic heterocycles. The van der Waals surface area contributed by atoms with Crippen molar-refractivity contribution >= 4 is 11.8 Å². The molecule has 4 heteroatoms. The van der Waals surface area contributed by atoms with Crippen LogP contribution in [-0.4, -0.2) is 18.9 Å². The van der Waals surface area contributed by atoms with E-state index in [2.05, 4.69) is 4.74 Å². The van der Waals surface area contributed by atoms with Crippen LogP contribution in [0.4, 0.5) is 4.39 Å². The van der Waals surface area contributed by atoms with Gasteiger partial charge < -0.3 is 4.74 Å². The lowest BCUT2D eigenvalue weighted by Gasteiger charge is -2.13. The van der Waals surface area contributed by atoms with Gasteiger partial charge in [-0.1, -0.05) is 19.8 Å². The Bertz CT molecular complexity index is 468. The summed E-state index contributed by atoms with van der Waals surface area (Å²) in [5, 5.41) is 0. The summed E-state index contributed by atoms with van der Waals surface area (Å²) in [6.45, 7) is 3.58. The number of halogens is 1. The Kier molecular flexibility index (Phi) is 5.67. The van der Waals surface area contributed by atoms with Crippen LogP contribution in [0, 0.1) is 18.7 Å². The lowest BCUT2D eigenvalue weighted by molar-refractivity contribution is -0.143. The van der Waals surface area contributed by atoms with Crippen molar-refractivity contribution in [2.45, 2.75) is 33.1 Å². The summed E-state index contributed by atoms with van der Waals surface area (Å²) in [5.74, 6) is -1.99. The number of methoxy groups -OCH3 is 1. The smallest absolute Gasteiger partial charge is 0.316 e. The van der Waals surface area contributed by atoms with E-state index in [4.69, 9.17) is 0 Å². The van der Waals surface area contributed by atoms with Crippen LogP contribution in [0.3, 0.4) is 0 Å². The number of ketones is 1. The number of rotatable bonds is 6. The summed E-state index contributed by atoms with van der Waals surface area (Å²) in [6, 6.07) is 4.13. The zero-order valence-corrected chi connectivity index (χ0v) is 11.5. The fraction of sp³-hybridized carbons (Fsp3) is 0.467. The van der Waals surface area contributed by atoms with Gasteiger partial charge in [-0.2, -0.15) is 0 Å². The maximum atomic E-state index is 13.2. The third kappa shape index (κ3) is 3.88. The zero-order valence-electron chi connectivity index (χ0n) is 11.5. The Labute approximate surface area is 112 Å². The maximum Gasteiger partial charge on any atom is 0.316 e. The molecule has 0 aliphatic carbocycles. The predicted molar refractivity (Wildman–Crippen MR) is 70.5 cm³/mol. The van der Waals surface area contributed by atoms with Gasteiger partial charge >= 0.3 is 5.97 Å². The first-order valence-electron chi connectivity index (χ1n) is 6.39. The van der Waals surface area contributed by atoms with E-state index < -0.39 is 11.9 Å². The van der Waals surface area contributed by atoms with Crippen LogP contribution in [0.25, 0.3) is 0 Å². The minimum atomic E-state index is -0.796. The molecule has 0 aliphatic rings. The van der Waals surface area contributed by atoms with Gasteiger partial charge in [0, 0.05) is 5.56 Å². The highest BCUT2D eigenvalue weighted by molar-refractivity contribution is 6.08. The first-order valence-corrected chi connectivity index (χ1v) is 6.39. The molecular formula is C15H19FO3. The highest BCUT2D eigenvalue weighted by Crippen LogP contribution is 2.19. The molecule has 0 radical (unpaired) electrons. The number of carbonyl (C=O) groups excluding carboxylic acids is 2. The molecule has 19 heavy (non-hydrogen) atoms. The van der Waals surface area contributed by atoms with E-state index in [9.17, 15) is 14.0 Å². The van der Waals surface area contributed by atoms with E-state index >= 15 is 0 Å². The third-order valence-electron chi connectivity index (χ3n) is 3.09. The van der Waals surface area contributed by atoms with E-state index in [1.165, 1.54) is 25.3 Å². The average molecular weight is 266 g/mol. The van der Waals surface area contributed by atoms with Crippen molar-refractivity contribution in [1.82, 2.24) is 0 Å². The van der Waals surface area contributed by atoms with Crippen molar-refractivity contribution in [3.8, 4) is 0 Å². The number of esters is 1. The molecule has 0 heterocycles. The Morgan fingerprint density at radius 1 is 1.37 bits per heavy atom. The van der Waals surface area contributed by atoms with Gasteiger partial charge in [-0.3, -0.25) is 9.59 Å². The summed E-state index contributed by atoms with van der Waals surface area (Å²) in [5.41, 5.74) is 0.746. The average Bonchev–Trinajstić information content (AvgIpc) is 2.41. The molecular weight excluding hydrogens is 247 g/mol. The van der Waals surface area contributed by atoms with Gasteiger partial charge in [0.25, 0.3) is 0 Å². The van der Waals surface area contributed by atoms with Crippen molar-refractivity contribution in [1.29, 1.82) is 0 Å². The second-order valence-corrected chi connectivity index (χ2v) is 4.55. The number of benzene rings is 1. The predicted octanol–water partition coefficient (Wildman–Crippen LogP) is 3.30. The second-order valence-electron chi connectivity index (χ2n) is 4.55. The molecule has 1 aromatic rings. The minimum Gasteiger partial charge on any atom is -0.468 e. The van der Waals surface area contributed by atoms with Crippen LogP contribution in [0.15, 0.2) is 18.2 Å². The topological polar surface area (TPSA) is 43.4 Å². The molecule has 1 rings (SSSR count). The molecule has 1 atom stereocenters. The number of hydrogen-bond acceptors (Lipinski definition) is 3. The number of ether oxygens (including phenoxy) is 1. The van der Waals surface area contributed by atoms with E-state index in [-0.39, 0.29) is 11.6 Å². The number of aryl methyl sites for hydroxylation is 1. The molecule has 0 bridgehead atoms. The Balaban J connectivity index is 2.97. The van der Waals surface area contributed by atoms with Crippen molar-refractivity contribution in [3.05, 3.63) is 35.1 Å². The molecule has 1 unspecified atom stereocenters. The van der Waals surface area contributed by atoms with Gasteiger partial charge in [0.2, 0.25) is 0 Å². The van der Waals surface area contributed by atoms with E-state index in [0.717, 1.165) is 12.8 Å². The van der Waals surface area contributed by atoms with Gasteiger partial charge in [-0.05, 0) is 37.1 Å². The van der Waals surface area contributed by atoms with Gasteiger partial charge in [-0.15, -0.1) is 0 Å². The van der Waals surface area contributed by atoms with E-state index in [1.807, 2.05) is 6.92 Å². The first-order chi connectivity index (χ1) is 9.01. The molecule has 0 saturated carbocycles. The van der Waals surface area contributed by atoms with Gasteiger partial charge in [-0.25, -0.2) is 4.39 Å². The molecule has 0 N–H and O–H groups in total. The van der Waals surface area contributed by atoms with E-state index in [0.29, 0.717) is 17.5 Å². The quantitative estimate of drug-likeness (QED) is 0.451. The Morgan fingerprint density at radius 3 is 2.58 bits per heavy atom. The van der Waals surface area contributed by atoms with Crippen molar-refractivity contribution in [3.63, 3.8) is 0 Å². The number of carbonyl (C=O) groups is 2. The van der Waals surface area contributed by atoms with Crippen LogP contribution >= 0.6 is 0 Å². The molecule has 104 valence electrons. The molecule has 1 aromatic carbocycles. The molecule has 0 fully saturated rings. The molecule has 3 nitrogen and oxygen atoms in total. The molecule has 0 saturated heterocycles. The summed E-state index contributed by atoms with van der Waals surface area (Å²) in [6.07, 6.45) is 2.12. The third-order valence-corrected chi connectivity index (χ3v) is 3.09. The Morgan fingerprint density at radius 2 is 2.05 bits per heavy atom. The van der Waals surface area contributed by atoms with Gasteiger partial charge in [0.15, 0.2) is 5.78 Å². The van der Waals surface area contributed by atoms with Crippen molar-refractivity contribution < 1.29 is 18.7 Å². The highest BCUT2D eigenvalue weighted by atomic mass is 19.1. The van der Waals surface area contributed by atoms with Gasteiger partial charge in [0.05, 0.1) is 7.11 Å². The SMILES string of the molecule is CCCCC(C(=O)OC)C(=O)c1ccc(F)c(C)c1. The molecule has 0 spiro atoms. The van der Waals surface area contributed by atoms with E-state index in [1.54, 1.807) is 6.92 Å². The van der Waals surface area contributed by atoms with Crippen LogP contribution in [0.5, 0.6) is 0 Å². The van der Waals surface area contributed by atoms with Crippen LogP contribution < -0.4 is 0 Å². The Hall–Kier alpha value is -1.71. The van der Waals surface area contributed by atoms with Gasteiger partial charge in [0.1, 0.15) is 11.7 Å². The van der Waals surface area contributed by atoms with Crippen molar-refractivity contribution in [2.75, 3.05) is 7.11 Å². The normalized spacial score (nSPS) is 12.0. The molecule has 0 aromatic heterocycles. The van der Waals surface area contributed by atoms with Crippen LogP contribution in [-0.2, 0) is 9.53 Å². The molecule has 0 amide bonds. The van der Waals surface area contributed by atoms with Crippen LogP contribution in [0.1, 0.15) is 42.1 Å². The summed E-state index contributed by atoms with van der Waals surface area (Å²) < 4.78 is 17.9. The van der Waals surface area contributed by atoms with Crippen molar-refractivity contribution in [2.24, 2.45) is 5.92 Å².